The zero-order valence-electron chi connectivity index (χ0n) is 15.2. The van der Waals surface area contributed by atoms with E-state index in [0.717, 1.165) is 15.6 Å². The highest BCUT2D eigenvalue weighted by molar-refractivity contribution is 9.10. The average molecular weight is 434 g/mol. The van der Waals surface area contributed by atoms with Crippen molar-refractivity contribution in [3.8, 4) is 11.5 Å². The fraction of sp³-hybridized carbons (Fsp3) is 0.200. The summed E-state index contributed by atoms with van der Waals surface area (Å²) in [6.07, 6.45) is 2.82. The van der Waals surface area contributed by atoms with Crippen LogP contribution >= 0.6 is 15.9 Å². The molecule has 1 amide bonds. The minimum absolute atomic E-state index is 0.371. The molecule has 1 N–H and O–H groups in total. The van der Waals surface area contributed by atoms with Crippen molar-refractivity contribution in [1.29, 1.82) is 0 Å². The first-order valence-electron chi connectivity index (χ1n) is 8.06. The summed E-state index contributed by atoms with van der Waals surface area (Å²) in [5, 5.41) is 2.68. The van der Waals surface area contributed by atoms with Crippen molar-refractivity contribution in [2.24, 2.45) is 0 Å². The van der Waals surface area contributed by atoms with Crippen LogP contribution in [0.4, 0.5) is 5.69 Å². The van der Waals surface area contributed by atoms with Gasteiger partial charge in [-0.05, 0) is 54.5 Å². The van der Waals surface area contributed by atoms with Crippen LogP contribution in [-0.2, 0) is 14.3 Å². The van der Waals surface area contributed by atoms with Crippen molar-refractivity contribution < 1.29 is 23.8 Å². The molecule has 0 aliphatic rings. The highest BCUT2D eigenvalue weighted by Crippen LogP contribution is 2.28. The van der Waals surface area contributed by atoms with E-state index >= 15 is 0 Å². The number of nitrogens with one attached hydrogen (secondary N) is 1. The maximum atomic E-state index is 11.9. The van der Waals surface area contributed by atoms with Crippen LogP contribution in [0.1, 0.15) is 11.1 Å². The average Bonchev–Trinajstić information content (AvgIpc) is 2.67. The lowest BCUT2D eigenvalue weighted by molar-refractivity contribution is -0.142. The molecule has 0 aromatic heterocycles. The normalized spacial score (nSPS) is 10.5. The Bertz CT molecular complexity index is 863. The van der Waals surface area contributed by atoms with Crippen molar-refractivity contribution in [1.82, 2.24) is 0 Å². The van der Waals surface area contributed by atoms with Gasteiger partial charge in [0.15, 0.2) is 18.1 Å². The van der Waals surface area contributed by atoms with Gasteiger partial charge in [0.2, 0.25) is 0 Å². The molecule has 7 heteroatoms. The number of amides is 1. The second-order valence-corrected chi connectivity index (χ2v) is 6.42. The van der Waals surface area contributed by atoms with Crippen LogP contribution in [0.25, 0.3) is 6.08 Å². The van der Waals surface area contributed by atoms with Gasteiger partial charge >= 0.3 is 5.97 Å². The number of aryl methyl sites for hydroxylation is 1. The lowest BCUT2D eigenvalue weighted by atomic mass is 10.2. The van der Waals surface area contributed by atoms with Gasteiger partial charge < -0.3 is 19.5 Å². The third kappa shape index (κ3) is 6.14. The molecule has 0 radical (unpaired) electrons. The van der Waals surface area contributed by atoms with Crippen molar-refractivity contribution >= 4 is 39.6 Å². The van der Waals surface area contributed by atoms with Gasteiger partial charge in [0.1, 0.15) is 0 Å². The van der Waals surface area contributed by atoms with Crippen LogP contribution in [0.15, 0.2) is 46.9 Å². The number of carbonyl (C=O) groups excluding carboxylic acids is 2. The highest BCUT2D eigenvalue weighted by atomic mass is 79.9. The van der Waals surface area contributed by atoms with Crippen LogP contribution in [0.3, 0.4) is 0 Å². The summed E-state index contributed by atoms with van der Waals surface area (Å²) < 4.78 is 16.3. The highest BCUT2D eigenvalue weighted by Gasteiger charge is 2.07. The number of hydrogen-bond donors (Lipinski definition) is 1. The quantitative estimate of drug-likeness (QED) is 0.528. The summed E-state index contributed by atoms with van der Waals surface area (Å²) in [7, 11) is 3.08. The predicted octanol–water partition coefficient (Wildman–Crippen LogP) is 3.97. The van der Waals surface area contributed by atoms with Crippen LogP contribution in [0.5, 0.6) is 11.5 Å². The maximum absolute atomic E-state index is 11.9. The molecule has 142 valence electrons. The van der Waals surface area contributed by atoms with Crippen LogP contribution in [0.2, 0.25) is 0 Å². The van der Waals surface area contributed by atoms with E-state index in [1.54, 1.807) is 37.5 Å². The molecule has 6 nitrogen and oxygen atoms in total. The Hall–Kier alpha value is -2.80. The zero-order chi connectivity index (χ0) is 19.8. The van der Waals surface area contributed by atoms with E-state index in [4.69, 9.17) is 14.2 Å². The summed E-state index contributed by atoms with van der Waals surface area (Å²) in [6, 6.07) is 10.6. The summed E-state index contributed by atoms with van der Waals surface area (Å²) in [4.78, 5) is 23.7. The lowest BCUT2D eigenvalue weighted by Crippen LogP contribution is -2.20. The topological polar surface area (TPSA) is 73.9 Å². The molecular weight excluding hydrogens is 414 g/mol. The molecule has 2 aromatic rings. The van der Waals surface area contributed by atoms with Gasteiger partial charge in [0.25, 0.3) is 5.91 Å². The number of anilines is 1. The van der Waals surface area contributed by atoms with Gasteiger partial charge in [-0.25, -0.2) is 4.79 Å². The number of halogens is 1. The molecule has 0 unspecified atom stereocenters. The molecular formula is C20H20BrNO5. The minimum Gasteiger partial charge on any atom is -0.493 e. The van der Waals surface area contributed by atoms with E-state index in [9.17, 15) is 9.59 Å². The Balaban J connectivity index is 1.87. The molecule has 0 atom stereocenters. The number of methoxy groups -OCH3 is 2. The first-order valence-corrected chi connectivity index (χ1v) is 8.85. The summed E-state index contributed by atoms with van der Waals surface area (Å²) in [5.41, 5.74) is 2.36. The van der Waals surface area contributed by atoms with Crippen molar-refractivity contribution in [3.63, 3.8) is 0 Å². The molecule has 0 bridgehead atoms. The number of carbonyl (C=O) groups is 2. The van der Waals surface area contributed by atoms with E-state index in [1.165, 1.54) is 13.2 Å². The molecule has 27 heavy (non-hydrogen) atoms. The number of rotatable bonds is 7. The molecule has 0 aliphatic carbocycles. The van der Waals surface area contributed by atoms with E-state index in [1.807, 2.05) is 19.1 Å². The molecule has 0 spiro atoms. The Labute approximate surface area is 166 Å². The van der Waals surface area contributed by atoms with Gasteiger partial charge in [-0.2, -0.15) is 0 Å². The van der Waals surface area contributed by atoms with E-state index in [0.29, 0.717) is 17.2 Å². The zero-order valence-corrected chi connectivity index (χ0v) is 16.8. The molecule has 2 rings (SSSR count). The Morgan fingerprint density at radius 2 is 1.81 bits per heavy atom. The monoisotopic (exact) mass is 433 g/mol. The molecule has 0 heterocycles. The molecule has 2 aromatic carbocycles. The predicted molar refractivity (Wildman–Crippen MR) is 107 cm³/mol. The van der Waals surface area contributed by atoms with Crippen molar-refractivity contribution in [2.75, 3.05) is 26.1 Å². The van der Waals surface area contributed by atoms with Gasteiger partial charge in [0.05, 0.1) is 14.2 Å². The van der Waals surface area contributed by atoms with Gasteiger partial charge in [-0.15, -0.1) is 0 Å². The standard InChI is InChI=1S/C20H20BrNO5/c1-13-10-15(6-7-16(13)21)22-19(23)12-27-20(24)9-5-14-4-8-17(25-2)18(11-14)26-3/h4-11H,12H2,1-3H3,(H,22,23)/b9-5+. The second kappa shape index (κ2) is 9.78. The van der Waals surface area contributed by atoms with Gasteiger partial charge in [-0.1, -0.05) is 22.0 Å². The van der Waals surface area contributed by atoms with Crippen molar-refractivity contribution in [3.05, 3.63) is 58.1 Å². The largest absolute Gasteiger partial charge is 0.493 e. The van der Waals surface area contributed by atoms with Gasteiger partial charge in [0, 0.05) is 16.2 Å². The Kier molecular flexibility index (Phi) is 7.43. The Morgan fingerprint density at radius 3 is 2.48 bits per heavy atom. The third-order valence-corrected chi connectivity index (χ3v) is 4.50. The first-order chi connectivity index (χ1) is 12.9. The van der Waals surface area contributed by atoms with Gasteiger partial charge in [-0.3, -0.25) is 4.79 Å². The number of esters is 1. The fourth-order valence-electron chi connectivity index (χ4n) is 2.23. The minimum atomic E-state index is -0.619. The fourth-order valence-corrected chi connectivity index (χ4v) is 2.47. The molecule has 0 saturated heterocycles. The van der Waals surface area contributed by atoms with Crippen molar-refractivity contribution in [2.45, 2.75) is 6.92 Å². The maximum Gasteiger partial charge on any atom is 0.331 e. The second-order valence-electron chi connectivity index (χ2n) is 5.57. The number of ether oxygens (including phenoxy) is 3. The lowest BCUT2D eigenvalue weighted by Gasteiger charge is -2.08. The first kappa shape index (κ1) is 20.5. The molecule has 0 saturated carbocycles. The Morgan fingerprint density at radius 1 is 1.07 bits per heavy atom. The van der Waals surface area contributed by atoms with E-state index < -0.39 is 11.9 Å². The van der Waals surface area contributed by atoms with E-state index in [-0.39, 0.29) is 6.61 Å². The SMILES string of the molecule is COc1ccc(/C=C/C(=O)OCC(=O)Nc2ccc(Br)c(C)c2)cc1OC. The van der Waals surface area contributed by atoms with E-state index in [2.05, 4.69) is 21.2 Å². The summed E-state index contributed by atoms with van der Waals surface area (Å²) >= 11 is 3.39. The smallest absolute Gasteiger partial charge is 0.331 e. The summed E-state index contributed by atoms with van der Waals surface area (Å²) in [5.74, 6) is 0.116. The number of hydrogen-bond acceptors (Lipinski definition) is 5. The van der Waals surface area contributed by atoms with Crippen LogP contribution < -0.4 is 14.8 Å². The van der Waals surface area contributed by atoms with Crippen LogP contribution in [-0.4, -0.2) is 32.7 Å². The summed E-state index contributed by atoms with van der Waals surface area (Å²) in [6.45, 7) is 1.54. The molecule has 0 aliphatic heterocycles. The molecule has 0 fully saturated rings. The number of benzene rings is 2. The van der Waals surface area contributed by atoms with Crippen LogP contribution in [0, 0.1) is 6.92 Å². The third-order valence-electron chi connectivity index (χ3n) is 3.61.